The van der Waals surface area contributed by atoms with Crippen molar-refractivity contribution in [2.45, 2.75) is 20.8 Å². The van der Waals surface area contributed by atoms with Crippen molar-refractivity contribution in [3.05, 3.63) is 47.5 Å². The molecule has 0 heterocycles. The summed E-state index contributed by atoms with van der Waals surface area (Å²) in [4.78, 5) is 24.1. The second-order valence-electron chi connectivity index (χ2n) is 5.08. The van der Waals surface area contributed by atoms with Gasteiger partial charge in [0, 0.05) is 5.69 Å². The molecular weight excluding hydrogens is 294 g/mol. The molecule has 2 aromatic rings. The van der Waals surface area contributed by atoms with E-state index in [0.717, 1.165) is 0 Å². The van der Waals surface area contributed by atoms with Crippen molar-refractivity contribution >= 4 is 22.9 Å². The van der Waals surface area contributed by atoms with Crippen LogP contribution in [-0.2, 0) is 0 Å². The Morgan fingerprint density at radius 2 is 1.61 bits per heavy atom. The Labute approximate surface area is 134 Å². The second kappa shape index (κ2) is 6.96. The first-order valence-electron chi connectivity index (χ1n) is 7.31. The van der Waals surface area contributed by atoms with Crippen LogP contribution in [0.5, 0.6) is 11.5 Å². The molecule has 0 atom stereocenters. The predicted octanol–water partition coefficient (Wildman–Crippen LogP) is 3.94. The van der Waals surface area contributed by atoms with Crippen LogP contribution in [0.4, 0.5) is 11.4 Å². The number of hydrogen-bond acceptors (Lipinski definition) is 5. The molecule has 2 aromatic carbocycles. The third kappa shape index (κ3) is 3.69. The minimum atomic E-state index is -0.229. The lowest BCUT2D eigenvalue weighted by atomic mass is 9.97. The Morgan fingerprint density at radius 1 is 1.00 bits per heavy atom. The fourth-order valence-electron chi connectivity index (χ4n) is 2.38. The van der Waals surface area contributed by atoms with Gasteiger partial charge in [0.05, 0.1) is 23.4 Å². The number of carbonyl (C=O) groups is 2. The minimum Gasteiger partial charge on any atom is -0.508 e. The van der Waals surface area contributed by atoms with Gasteiger partial charge in [0.2, 0.25) is 0 Å². The summed E-state index contributed by atoms with van der Waals surface area (Å²) in [5, 5.41) is 12.4. The van der Waals surface area contributed by atoms with E-state index in [2.05, 4.69) is 5.32 Å². The van der Waals surface area contributed by atoms with Gasteiger partial charge in [-0.1, -0.05) is 0 Å². The van der Waals surface area contributed by atoms with Crippen molar-refractivity contribution in [3.63, 3.8) is 0 Å². The molecule has 0 aromatic heterocycles. The van der Waals surface area contributed by atoms with E-state index in [-0.39, 0.29) is 22.9 Å². The zero-order chi connectivity index (χ0) is 17.0. The number of ketones is 2. The molecule has 0 radical (unpaired) electrons. The largest absolute Gasteiger partial charge is 0.508 e. The molecule has 120 valence electrons. The van der Waals surface area contributed by atoms with Crippen LogP contribution in [0.25, 0.3) is 0 Å². The molecule has 0 fully saturated rings. The van der Waals surface area contributed by atoms with E-state index >= 15 is 0 Å². The molecule has 0 spiro atoms. The first-order valence-corrected chi connectivity index (χ1v) is 7.31. The van der Waals surface area contributed by atoms with Gasteiger partial charge in [-0.05, 0) is 57.2 Å². The molecule has 0 bridgehead atoms. The summed E-state index contributed by atoms with van der Waals surface area (Å²) in [6.07, 6.45) is 0. The maximum Gasteiger partial charge on any atom is 0.164 e. The minimum absolute atomic E-state index is 0.151. The third-order valence-corrected chi connectivity index (χ3v) is 3.32. The van der Waals surface area contributed by atoms with E-state index in [1.165, 1.54) is 26.0 Å². The molecule has 2 rings (SSSR count). The van der Waals surface area contributed by atoms with Gasteiger partial charge in [0.25, 0.3) is 0 Å². The molecule has 0 unspecified atom stereocenters. The molecule has 0 aliphatic rings. The summed E-state index contributed by atoms with van der Waals surface area (Å²) in [6.45, 7) is 5.05. The van der Waals surface area contributed by atoms with Gasteiger partial charge < -0.3 is 15.2 Å². The normalized spacial score (nSPS) is 10.2. The van der Waals surface area contributed by atoms with Crippen LogP contribution in [0, 0.1) is 0 Å². The Balaban J connectivity index is 2.54. The smallest absolute Gasteiger partial charge is 0.164 e. The van der Waals surface area contributed by atoms with Crippen molar-refractivity contribution in [2.75, 3.05) is 11.9 Å². The quantitative estimate of drug-likeness (QED) is 0.624. The highest BCUT2D eigenvalue weighted by atomic mass is 16.5. The standard InChI is InChI=1S/C18H19NO4/c1-4-23-16-10-9-15(17(11(2)20)18(16)12(3)21)19-13-5-7-14(22)8-6-13/h5-10,19,22H,4H2,1-3H3. The molecule has 0 saturated carbocycles. The van der Waals surface area contributed by atoms with E-state index < -0.39 is 0 Å². The zero-order valence-electron chi connectivity index (χ0n) is 13.3. The molecule has 2 N–H and O–H groups in total. The lowest BCUT2D eigenvalue weighted by molar-refractivity contribution is 0.0978. The Hall–Kier alpha value is -2.82. The van der Waals surface area contributed by atoms with Crippen LogP contribution < -0.4 is 10.1 Å². The lowest BCUT2D eigenvalue weighted by Gasteiger charge is -2.17. The molecule has 0 saturated heterocycles. The van der Waals surface area contributed by atoms with Gasteiger partial charge in [-0.15, -0.1) is 0 Å². The van der Waals surface area contributed by atoms with E-state index in [4.69, 9.17) is 4.74 Å². The van der Waals surface area contributed by atoms with Gasteiger partial charge in [0.1, 0.15) is 11.5 Å². The number of phenolic OH excluding ortho intramolecular Hbond substituents is 1. The van der Waals surface area contributed by atoms with Crippen molar-refractivity contribution in [1.82, 2.24) is 0 Å². The number of ether oxygens (including phenoxy) is 1. The number of hydrogen-bond donors (Lipinski definition) is 2. The summed E-state index contributed by atoms with van der Waals surface area (Å²) < 4.78 is 5.48. The number of benzene rings is 2. The Morgan fingerprint density at radius 3 is 2.13 bits per heavy atom. The number of anilines is 2. The molecule has 23 heavy (non-hydrogen) atoms. The number of Topliss-reactive ketones (excluding diaryl/α,β-unsaturated/α-hetero) is 2. The summed E-state index contributed by atoms with van der Waals surface area (Å²) in [5.41, 5.74) is 1.81. The molecule has 0 amide bonds. The monoisotopic (exact) mass is 313 g/mol. The molecule has 0 aliphatic heterocycles. The van der Waals surface area contributed by atoms with Crippen molar-refractivity contribution in [2.24, 2.45) is 0 Å². The molecule has 0 aliphatic carbocycles. The van der Waals surface area contributed by atoms with Crippen LogP contribution in [0.2, 0.25) is 0 Å². The van der Waals surface area contributed by atoms with E-state index in [0.29, 0.717) is 29.3 Å². The fraction of sp³-hybridized carbons (Fsp3) is 0.222. The highest BCUT2D eigenvalue weighted by Crippen LogP contribution is 2.32. The summed E-state index contributed by atoms with van der Waals surface area (Å²) in [6, 6.07) is 9.83. The fourth-order valence-corrected chi connectivity index (χ4v) is 2.38. The topological polar surface area (TPSA) is 75.6 Å². The number of aromatic hydroxyl groups is 1. The maximum atomic E-state index is 12.1. The molecule has 5 nitrogen and oxygen atoms in total. The first-order chi connectivity index (χ1) is 10.9. The summed E-state index contributed by atoms with van der Waals surface area (Å²) >= 11 is 0. The zero-order valence-corrected chi connectivity index (χ0v) is 13.3. The number of nitrogens with one attached hydrogen (secondary N) is 1. The van der Waals surface area contributed by atoms with E-state index in [1.807, 2.05) is 6.92 Å². The van der Waals surface area contributed by atoms with Gasteiger partial charge in [-0.25, -0.2) is 0 Å². The Kier molecular flexibility index (Phi) is 5.01. The van der Waals surface area contributed by atoms with Gasteiger partial charge in [-0.2, -0.15) is 0 Å². The van der Waals surface area contributed by atoms with E-state index in [1.54, 1.807) is 24.3 Å². The second-order valence-corrected chi connectivity index (χ2v) is 5.08. The van der Waals surface area contributed by atoms with Crippen LogP contribution in [0.1, 0.15) is 41.5 Å². The first kappa shape index (κ1) is 16.5. The van der Waals surface area contributed by atoms with Gasteiger partial charge >= 0.3 is 0 Å². The van der Waals surface area contributed by atoms with Crippen LogP contribution in [-0.4, -0.2) is 23.3 Å². The number of phenols is 1. The van der Waals surface area contributed by atoms with Crippen molar-refractivity contribution in [1.29, 1.82) is 0 Å². The average molecular weight is 313 g/mol. The van der Waals surface area contributed by atoms with Crippen LogP contribution in [0.15, 0.2) is 36.4 Å². The third-order valence-electron chi connectivity index (χ3n) is 3.32. The lowest BCUT2D eigenvalue weighted by Crippen LogP contribution is -2.11. The highest BCUT2D eigenvalue weighted by molar-refractivity contribution is 6.12. The number of rotatable bonds is 6. The van der Waals surface area contributed by atoms with Crippen molar-refractivity contribution in [3.8, 4) is 11.5 Å². The van der Waals surface area contributed by atoms with E-state index in [9.17, 15) is 14.7 Å². The predicted molar refractivity (Wildman–Crippen MR) is 89.0 cm³/mol. The molecular formula is C18H19NO4. The molecule has 5 heteroatoms. The average Bonchev–Trinajstić information content (AvgIpc) is 2.50. The summed E-state index contributed by atoms with van der Waals surface area (Å²) in [7, 11) is 0. The highest BCUT2D eigenvalue weighted by Gasteiger charge is 2.21. The van der Waals surface area contributed by atoms with Gasteiger partial charge in [0.15, 0.2) is 11.6 Å². The van der Waals surface area contributed by atoms with Gasteiger partial charge in [-0.3, -0.25) is 9.59 Å². The maximum absolute atomic E-state index is 12.1. The SMILES string of the molecule is CCOc1ccc(Nc2ccc(O)cc2)c(C(C)=O)c1C(C)=O. The number of carbonyl (C=O) groups excluding carboxylic acids is 2. The van der Waals surface area contributed by atoms with Crippen LogP contribution >= 0.6 is 0 Å². The van der Waals surface area contributed by atoms with Crippen LogP contribution in [0.3, 0.4) is 0 Å². The van der Waals surface area contributed by atoms with Crippen molar-refractivity contribution < 1.29 is 19.4 Å². The summed E-state index contributed by atoms with van der Waals surface area (Å²) in [5.74, 6) is 0.103. The Bertz CT molecular complexity index is 735.